The lowest BCUT2D eigenvalue weighted by molar-refractivity contribution is -0.331. The first kappa shape index (κ1) is 67.6. The molecule has 0 radical (unpaired) electrons. The minimum atomic E-state index is -1.83. The van der Waals surface area contributed by atoms with Gasteiger partial charge in [-0.1, -0.05) is 104 Å². The lowest BCUT2D eigenvalue weighted by Crippen LogP contribution is -2.56. The van der Waals surface area contributed by atoms with Gasteiger partial charge in [-0.3, -0.25) is 0 Å². The summed E-state index contributed by atoms with van der Waals surface area (Å²) in [6, 6.07) is 0. The van der Waals surface area contributed by atoms with Gasteiger partial charge in [-0.2, -0.15) is 0 Å². The van der Waals surface area contributed by atoms with Gasteiger partial charge < -0.3 is 78.7 Å². The van der Waals surface area contributed by atoms with E-state index < -0.39 is 145 Å². The fraction of sp³-hybridized carbons (Fsp3) is 0.774. The molecule has 0 bridgehead atoms. The van der Waals surface area contributed by atoms with Crippen LogP contribution in [0.25, 0.3) is 0 Å². The SMILES string of the molecule is CCC1=CC=C[C@@H](CC)[C@@H]([C@H](C)[C@H](O)C[C@]2(O)C[C@@H](O[C@H]3C[C@@H](O)[C@H](O)[C@@H](C)O3)[C@H](CC)[C@@H](C)O2)OC(=O)C=CC(CC)=CC=C[C@@H](CC)[C@@H]([C@H](C)[C@H](O)C[C@@]2(O)C[C@@H](O[C@H]3C[C@@H](O)[C@H](O)[C@@H](C)O3)[C@H](CC)[C@@H](C)O2)OC(=O)C=C1. The quantitative estimate of drug-likeness (QED) is 0.0637. The van der Waals surface area contributed by atoms with E-state index in [-0.39, 0.29) is 50.4 Å². The van der Waals surface area contributed by atoms with Gasteiger partial charge in [0.2, 0.25) is 0 Å². The molecule has 0 spiro atoms. The van der Waals surface area contributed by atoms with Crippen molar-refractivity contribution in [2.75, 3.05) is 0 Å². The van der Waals surface area contributed by atoms with Gasteiger partial charge in [0.1, 0.15) is 24.4 Å². The Labute approximate surface area is 475 Å². The largest absolute Gasteiger partial charge is 0.458 e. The summed E-state index contributed by atoms with van der Waals surface area (Å²) in [5.41, 5.74) is 1.55. The highest BCUT2D eigenvalue weighted by Crippen LogP contribution is 2.43. The Balaban J connectivity index is 1.37. The molecule has 0 aromatic heterocycles. The van der Waals surface area contributed by atoms with Crippen molar-refractivity contribution in [3.63, 3.8) is 0 Å². The summed E-state index contributed by atoms with van der Waals surface area (Å²) in [5.74, 6) is -7.44. The molecule has 18 heteroatoms. The molecule has 0 unspecified atom stereocenters. The first-order valence-electron chi connectivity index (χ1n) is 29.8. The summed E-state index contributed by atoms with van der Waals surface area (Å²) in [7, 11) is 0. The number of esters is 2. The summed E-state index contributed by atoms with van der Waals surface area (Å²) in [6.07, 6.45) is 6.90. The molecular formula is C62H100O18. The first-order valence-corrected chi connectivity index (χ1v) is 29.8. The van der Waals surface area contributed by atoms with Crippen LogP contribution in [0.2, 0.25) is 0 Å². The van der Waals surface area contributed by atoms with Crippen LogP contribution >= 0.6 is 0 Å². The predicted molar refractivity (Wildman–Crippen MR) is 300 cm³/mol. The Kier molecular flexibility index (Phi) is 26.3. The molecule has 0 aromatic rings. The van der Waals surface area contributed by atoms with Crippen LogP contribution in [-0.4, -0.2) is 162 Å². The summed E-state index contributed by atoms with van der Waals surface area (Å²) >= 11 is 0. The van der Waals surface area contributed by atoms with E-state index in [0.717, 1.165) is 11.1 Å². The lowest BCUT2D eigenvalue weighted by Gasteiger charge is -2.48. The Morgan fingerprint density at radius 3 is 1.24 bits per heavy atom. The Morgan fingerprint density at radius 2 is 0.925 bits per heavy atom. The molecule has 5 aliphatic rings. The number of ether oxygens (including phenoxy) is 8. The molecule has 80 heavy (non-hydrogen) atoms. The monoisotopic (exact) mass is 1130 g/mol. The van der Waals surface area contributed by atoms with Crippen molar-refractivity contribution in [3.05, 3.63) is 71.9 Å². The zero-order valence-corrected chi connectivity index (χ0v) is 49.6. The van der Waals surface area contributed by atoms with E-state index in [1.807, 2.05) is 91.8 Å². The fourth-order valence-corrected chi connectivity index (χ4v) is 12.4. The minimum absolute atomic E-state index is 0.00199. The minimum Gasteiger partial charge on any atom is -0.458 e. The molecule has 18 nitrogen and oxygen atoms in total. The number of hydrogen-bond acceptors (Lipinski definition) is 18. The van der Waals surface area contributed by atoms with Crippen molar-refractivity contribution in [1.82, 2.24) is 0 Å². The molecule has 5 aliphatic heterocycles. The predicted octanol–water partition coefficient (Wildman–Crippen LogP) is 7.08. The smallest absolute Gasteiger partial charge is 0.331 e. The molecule has 0 aliphatic carbocycles. The van der Waals surface area contributed by atoms with Crippen LogP contribution in [0.15, 0.2) is 71.9 Å². The summed E-state index contributed by atoms with van der Waals surface area (Å²) < 4.78 is 49.6. The molecule has 24 atom stereocenters. The van der Waals surface area contributed by atoms with E-state index >= 15 is 0 Å². The number of allylic oxidation sites excluding steroid dienone is 8. The molecule has 0 aromatic carbocycles. The van der Waals surface area contributed by atoms with Crippen LogP contribution in [0.1, 0.15) is 160 Å². The van der Waals surface area contributed by atoms with Crippen LogP contribution in [0.4, 0.5) is 0 Å². The average molecular weight is 1130 g/mol. The number of aliphatic hydroxyl groups excluding tert-OH is 6. The maximum Gasteiger partial charge on any atom is 0.331 e. The number of hydrogen-bond donors (Lipinski definition) is 8. The van der Waals surface area contributed by atoms with Gasteiger partial charge in [0.15, 0.2) is 24.2 Å². The van der Waals surface area contributed by atoms with Crippen molar-refractivity contribution in [1.29, 1.82) is 0 Å². The van der Waals surface area contributed by atoms with Crippen LogP contribution < -0.4 is 0 Å². The van der Waals surface area contributed by atoms with Crippen LogP contribution in [0.3, 0.4) is 0 Å². The number of carbonyl (C=O) groups excluding carboxylic acids is 2. The molecular weight excluding hydrogens is 1030 g/mol. The van der Waals surface area contributed by atoms with Gasteiger partial charge >= 0.3 is 11.9 Å². The second-order valence-corrected chi connectivity index (χ2v) is 23.4. The first-order chi connectivity index (χ1) is 37.8. The van der Waals surface area contributed by atoms with Crippen molar-refractivity contribution >= 4 is 11.9 Å². The van der Waals surface area contributed by atoms with Crippen LogP contribution in [0, 0.1) is 35.5 Å². The standard InChI is InChI=1S/C62H100O18/c1-13-41-21-19-23-43(15-3)59(35(7)49(65)31-61(71)33-51(45(17-5)37(9)79-61)75-55-29-47(63)57(69)39(11)73-55)78-54(68)28-26-42(14-2)22-20-24-44(16-4)60(77-53(67)27-25-41)36(8)50(66)32-62(72)34-52(46(18-6)38(10)80-62)76-56-30-48(64)58(70)40(12)74-56/h19-28,35-40,43-52,55-60,63-66,69-72H,13-18,29-34H2,1-12H3/t35-,36-,37-,38-,39-,40-,43-,44-,45-,46-,47-,48-,49-,50-,51-,52-,55+,56+,57-,58-,59-,60-,61-,62+/m1/s1. The summed E-state index contributed by atoms with van der Waals surface area (Å²) in [4.78, 5) is 27.8. The molecule has 8 N–H and O–H groups in total. The van der Waals surface area contributed by atoms with Crippen molar-refractivity contribution in [2.24, 2.45) is 35.5 Å². The Hall–Kier alpha value is -3.18. The van der Waals surface area contributed by atoms with Gasteiger partial charge in [0.25, 0.3) is 0 Å². The molecule has 4 saturated heterocycles. The van der Waals surface area contributed by atoms with Gasteiger partial charge in [-0.25, -0.2) is 9.59 Å². The van der Waals surface area contributed by atoms with Gasteiger partial charge in [0.05, 0.1) is 61.0 Å². The zero-order chi connectivity index (χ0) is 59.2. The van der Waals surface area contributed by atoms with Crippen molar-refractivity contribution < 1.29 is 88.3 Å². The number of aliphatic hydroxyl groups is 8. The Morgan fingerprint density at radius 1 is 0.562 bits per heavy atom. The average Bonchev–Trinajstić information content (AvgIpc) is 3.39. The fourth-order valence-electron chi connectivity index (χ4n) is 12.4. The topological polar surface area (TPSA) is 270 Å². The van der Waals surface area contributed by atoms with Crippen LogP contribution in [-0.2, 0) is 47.5 Å². The maximum atomic E-state index is 13.9. The number of cyclic esters (lactones) is 2. The molecule has 5 rings (SSSR count). The highest BCUT2D eigenvalue weighted by molar-refractivity contribution is 5.83. The third kappa shape index (κ3) is 18.4. The number of carbonyl (C=O) groups is 2. The molecule has 0 amide bonds. The molecule has 5 heterocycles. The van der Waals surface area contributed by atoms with Crippen LogP contribution in [0.5, 0.6) is 0 Å². The highest BCUT2D eigenvalue weighted by Gasteiger charge is 2.51. The normalized spacial score (nSPS) is 40.7. The van der Waals surface area contributed by atoms with Crippen molar-refractivity contribution in [3.8, 4) is 0 Å². The van der Waals surface area contributed by atoms with E-state index in [1.165, 1.54) is 12.2 Å². The van der Waals surface area contributed by atoms with Gasteiger partial charge in [-0.15, -0.1) is 0 Å². The second-order valence-electron chi connectivity index (χ2n) is 23.4. The molecule has 0 saturated carbocycles. The van der Waals surface area contributed by atoms with E-state index in [2.05, 4.69) is 0 Å². The lowest BCUT2D eigenvalue weighted by atomic mass is 9.80. The second kappa shape index (κ2) is 31.1. The van der Waals surface area contributed by atoms with Gasteiger partial charge in [-0.05, 0) is 77.4 Å². The number of rotatable bonds is 18. The third-order valence-electron chi connectivity index (χ3n) is 17.6. The van der Waals surface area contributed by atoms with E-state index in [1.54, 1.807) is 39.8 Å². The third-order valence-corrected chi connectivity index (χ3v) is 17.6. The van der Waals surface area contributed by atoms with E-state index in [4.69, 9.17) is 37.9 Å². The highest BCUT2D eigenvalue weighted by atomic mass is 16.7. The zero-order valence-electron chi connectivity index (χ0n) is 49.6. The van der Waals surface area contributed by atoms with Crippen molar-refractivity contribution in [2.45, 2.75) is 270 Å². The molecule has 456 valence electrons. The van der Waals surface area contributed by atoms with E-state index in [9.17, 15) is 50.4 Å². The molecule has 4 fully saturated rings. The van der Waals surface area contributed by atoms with E-state index in [0.29, 0.717) is 38.5 Å². The Bertz CT molecular complexity index is 1950. The summed E-state index contributed by atoms with van der Waals surface area (Å²) in [5, 5.41) is 89.7. The maximum absolute atomic E-state index is 13.9. The van der Waals surface area contributed by atoms with Gasteiger partial charge in [0, 0.05) is 86.2 Å². The summed E-state index contributed by atoms with van der Waals surface area (Å²) in [6.45, 7) is 22.3.